The van der Waals surface area contributed by atoms with Crippen molar-refractivity contribution in [3.05, 3.63) is 59.7 Å². The zero-order valence-electron chi connectivity index (χ0n) is 25.3. The molecule has 3 aromatic rings. The van der Waals surface area contributed by atoms with Gasteiger partial charge in [-0.15, -0.1) is 10.2 Å². The molecule has 0 spiro atoms. The maximum absolute atomic E-state index is 13.1. The highest BCUT2D eigenvalue weighted by molar-refractivity contribution is 7.99. The Morgan fingerprint density at radius 2 is 1.63 bits per heavy atom. The van der Waals surface area contributed by atoms with Gasteiger partial charge in [-0.3, -0.25) is 14.2 Å². The number of rotatable bonds is 12. The van der Waals surface area contributed by atoms with Gasteiger partial charge in [-0.05, 0) is 52.2 Å². The largest absolute Gasteiger partial charge is 0.339 e. The molecule has 41 heavy (non-hydrogen) atoms. The van der Waals surface area contributed by atoms with Crippen LogP contribution >= 0.6 is 11.8 Å². The van der Waals surface area contributed by atoms with Gasteiger partial charge in [0.2, 0.25) is 11.8 Å². The number of carbonyl (C=O) groups is 2. The van der Waals surface area contributed by atoms with Gasteiger partial charge in [0.05, 0.1) is 0 Å². The number of carbonyl (C=O) groups excluding carboxylic acids is 2. The Bertz CT molecular complexity index is 1290. The van der Waals surface area contributed by atoms with Crippen LogP contribution in [0.15, 0.2) is 53.7 Å². The van der Waals surface area contributed by atoms with E-state index in [4.69, 9.17) is 0 Å². The number of nitrogens with zero attached hydrogens (tertiary/aromatic N) is 5. The quantitative estimate of drug-likeness (QED) is 0.178. The van der Waals surface area contributed by atoms with Gasteiger partial charge in [0.25, 0.3) is 0 Å². The van der Waals surface area contributed by atoms with Gasteiger partial charge in [-0.1, -0.05) is 86.0 Å². The summed E-state index contributed by atoms with van der Waals surface area (Å²) in [6.45, 7) is 12.4. The van der Waals surface area contributed by atoms with Crippen LogP contribution in [0.3, 0.4) is 0 Å². The van der Waals surface area contributed by atoms with Crippen molar-refractivity contribution in [2.45, 2.75) is 84.3 Å². The lowest BCUT2D eigenvalue weighted by molar-refractivity contribution is -0.145. The number of aryl methyl sites for hydroxylation is 2. The van der Waals surface area contributed by atoms with E-state index < -0.39 is 0 Å². The maximum Gasteiger partial charge on any atom is 0.226 e. The second-order valence-corrected chi connectivity index (χ2v) is 12.3. The minimum atomic E-state index is 0.0542. The average molecular weight is 576 g/mol. The second-order valence-electron chi connectivity index (χ2n) is 11.3. The molecule has 2 amide bonds. The van der Waals surface area contributed by atoms with Crippen LogP contribution in [-0.4, -0.2) is 67.8 Å². The lowest BCUT2D eigenvalue weighted by Gasteiger charge is -2.41. The van der Waals surface area contributed by atoms with E-state index in [-0.39, 0.29) is 23.8 Å². The Morgan fingerprint density at radius 3 is 2.27 bits per heavy atom. The standard InChI is InChI=1S/C33H45N5O2S/c1-6-8-10-27(7-2)32(40)37-21-20-36(23-26(37)5)30(39)11-9-22-41-33-35-34-31(28-16-12-24(3)13-17-28)38(33)29-18-14-25(4)15-19-29/h12-19,26-27H,6-11,20-23H2,1-5H3. The first-order chi connectivity index (χ1) is 19.8. The Balaban J connectivity index is 1.33. The number of aromatic nitrogens is 3. The van der Waals surface area contributed by atoms with Gasteiger partial charge >= 0.3 is 0 Å². The fraction of sp³-hybridized carbons (Fsp3) is 0.515. The number of unbranched alkanes of at least 4 members (excludes halogenated alkanes) is 1. The molecular weight excluding hydrogens is 530 g/mol. The predicted octanol–water partition coefficient (Wildman–Crippen LogP) is 6.70. The molecule has 220 valence electrons. The molecule has 4 rings (SSSR count). The van der Waals surface area contributed by atoms with Crippen LogP contribution in [0.1, 0.15) is 70.4 Å². The minimum Gasteiger partial charge on any atom is -0.339 e. The molecule has 8 heteroatoms. The molecule has 2 unspecified atom stereocenters. The highest BCUT2D eigenvalue weighted by Gasteiger charge is 2.32. The Hall–Kier alpha value is -3.13. The molecule has 0 bridgehead atoms. The van der Waals surface area contributed by atoms with Gasteiger partial charge < -0.3 is 9.80 Å². The van der Waals surface area contributed by atoms with Crippen LogP contribution in [-0.2, 0) is 9.59 Å². The Labute approximate surface area is 249 Å². The van der Waals surface area contributed by atoms with Crippen molar-refractivity contribution in [1.82, 2.24) is 24.6 Å². The van der Waals surface area contributed by atoms with Gasteiger partial charge in [0.1, 0.15) is 0 Å². The first-order valence-electron chi connectivity index (χ1n) is 15.1. The molecule has 7 nitrogen and oxygen atoms in total. The molecule has 2 heterocycles. The third kappa shape index (κ3) is 7.79. The molecule has 1 fully saturated rings. The lowest BCUT2D eigenvalue weighted by atomic mass is 9.96. The van der Waals surface area contributed by atoms with Crippen molar-refractivity contribution in [2.24, 2.45) is 5.92 Å². The highest BCUT2D eigenvalue weighted by Crippen LogP contribution is 2.29. The van der Waals surface area contributed by atoms with Crippen LogP contribution < -0.4 is 0 Å². The molecular formula is C33H45N5O2S. The van der Waals surface area contributed by atoms with Crippen LogP contribution in [0, 0.1) is 19.8 Å². The maximum atomic E-state index is 13.1. The van der Waals surface area contributed by atoms with Gasteiger partial charge in [-0.25, -0.2) is 0 Å². The lowest BCUT2D eigenvalue weighted by Crippen LogP contribution is -2.56. The van der Waals surface area contributed by atoms with E-state index in [1.807, 2.05) is 9.80 Å². The number of amides is 2. The molecule has 0 aliphatic carbocycles. The van der Waals surface area contributed by atoms with E-state index in [0.29, 0.717) is 26.1 Å². The molecule has 0 radical (unpaired) electrons. The molecule has 0 N–H and O–H groups in total. The predicted molar refractivity (Wildman–Crippen MR) is 167 cm³/mol. The Morgan fingerprint density at radius 1 is 0.951 bits per heavy atom. The minimum absolute atomic E-state index is 0.0542. The third-order valence-electron chi connectivity index (χ3n) is 8.01. The number of piperazine rings is 1. The molecule has 1 aromatic heterocycles. The van der Waals surface area contributed by atoms with Crippen molar-refractivity contribution in [2.75, 3.05) is 25.4 Å². The monoisotopic (exact) mass is 575 g/mol. The number of hydrogen-bond donors (Lipinski definition) is 0. The van der Waals surface area contributed by atoms with E-state index >= 15 is 0 Å². The molecule has 1 saturated heterocycles. The van der Waals surface area contributed by atoms with Crippen molar-refractivity contribution in [3.63, 3.8) is 0 Å². The van der Waals surface area contributed by atoms with Crippen molar-refractivity contribution in [3.8, 4) is 17.1 Å². The first kappa shape index (κ1) is 30.8. The third-order valence-corrected chi connectivity index (χ3v) is 9.03. The number of thioether (sulfide) groups is 1. The second kappa shape index (κ2) is 14.7. The molecule has 2 atom stereocenters. The van der Waals surface area contributed by atoms with Crippen molar-refractivity contribution in [1.29, 1.82) is 0 Å². The zero-order chi connectivity index (χ0) is 29.4. The summed E-state index contributed by atoms with van der Waals surface area (Å²) in [7, 11) is 0. The summed E-state index contributed by atoms with van der Waals surface area (Å²) >= 11 is 1.64. The smallest absolute Gasteiger partial charge is 0.226 e. The number of hydrogen-bond acceptors (Lipinski definition) is 5. The molecule has 0 saturated carbocycles. The Kier molecular flexibility index (Phi) is 11.0. The van der Waals surface area contributed by atoms with E-state index in [1.54, 1.807) is 11.8 Å². The summed E-state index contributed by atoms with van der Waals surface area (Å²) in [6, 6.07) is 16.8. The summed E-state index contributed by atoms with van der Waals surface area (Å²) in [5.74, 6) is 2.12. The average Bonchev–Trinajstić information content (AvgIpc) is 3.40. The summed E-state index contributed by atoms with van der Waals surface area (Å²) in [5, 5.41) is 9.91. The van der Waals surface area contributed by atoms with Crippen LogP contribution in [0.4, 0.5) is 0 Å². The summed E-state index contributed by atoms with van der Waals surface area (Å²) in [6.07, 6.45) is 5.28. The summed E-state index contributed by atoms with van der Waals surface area (Å²) in [4.78, 5) is 30.2. The van der Waals surface area contributed by atoms with Gasteiger partial charge in [0.15, 0.2) is 11.0 Å². The van der Waals surface area contributed by atoms with Crippen molar-refractivity contribution >= 4 is 23.6 Å². The van der Waals surface area contributed by atoms with Crippen molar-refractivity contribution < 1.29 is 9.59 Å². The van der Waals surface area contributed by atoms with Crippen LogP contribution in [0.5, 0.6) is 0 Å². The number of benzene rings is 2. The van der Waals surface area contributed by atoms with Crippen LogP contribution in [0.2, 0.25) is 0 Å². The fourth-order valence-corrected chi connectivity index (χ4v) is 6.31. The summed E-state index contributed by atoms with van der Waals surface area (Å²) < 4.78 is 2.11. The van der Waals surface area contributed by atoms with Gasteiger partial charge in [-0.2, -0.15) is 0 Å². The summed E-state index contributed by atoms with van der Waals surface area (Å²) in [5.41, 5.74) is 4.45. The van der Waals surface area contributed by atoms with E-state index in [2.05, 4.69) is 97.9 Å². The molecule has 1 aliphatic rings. The fourth-order valence-electron chi connectivity index (χ4n) is 5.42. The molecule has 2 aromatic carbocycles. The zero-order valence-corrected chi connectivity index (χ0v) is 26.1. The van der Waals surface area contributed by atoms with E-state index in [0.717, 1.165) is 60.1 Å². The van der Waals surface area contributed by atoms with Gasteiger partial charge in [0, 0.05) is 55.0 Å². The van der Waals surface area contributed by atoms with E-state index in [9.17, 15) is 9.59 Å². The topological polar surface area (TPSA) is 71.3 Å². The highest BCUT2D eigenvalue weighted by atomic mass is 32.2. The van der Waals surface area contributed by atoms with E-state index in [1.165, 1.54) is 11.1 Å². The SMILES string of the molecule is CCCCC(CC)C(=O)N1CCN(C(=O)CCCSc2nnc(-c3ccc(C)cc3)n2-c2ccc(C)cc2)CC1C. The van der Waals surface area contributed by atoms with Crippen LogP contribution in [0.25, 0.3) is 17.1 Å². The first-order valence-corrected chi connectivity index (χ1v) is 16.1. The molecule has 1 aliphatic heterocycles. The normalized spacial score (nSPS) is 16.2.